The number of nitrogen functional groups attached to an aromatic ring is 1. The quantitative estimate of drug-likeness (QED) is 0.633. The Morgan fingerprint density at radius 1 is 1.45 bits per heavy atom. The maximum atomic E-state index is 13.7. The Morgan fingerprint density at radius 3 is 2.79 bits per heavy atom. The average Bonchev–Trinajstić information content (AvgIpc) is 2.89. The Kier molecular flexibility index (Phi) is 4.56. The second-order valence-electron chi connectivity index (χ2n) is 8.28. The van der Waals surface area contributed by atoms with Crippen LogP contribution in [0.15, 0.2) is 18.2 Å². The molecule has 2 aliphatic rings. The molecule has 2 fully saturated rings. The first kappa shape index (κ1) is 19.4. The minimum Gasteiger partial charge on any atom is -0.504 e. The van der Waals surface area contributed by atoms with Gasteiger partial charge >= 0.3 is 0 Å². The molecule has 6 nitrogen and oxygen atoms in total. The number of benzene rings is 1. The fourth-order valence-electron chi connectivity index (χ4n) is 4.81. The Hall–Kier alpha value is -2.96. The number of hydrogen-bond donors (Lipinski definition) is 4. The molecule has 0 radical (unpaired) electrons. The number of aromatic hydroxyl groups is 1. The molecule has 7 heteroatoms. The first-order chi connectivity index (χ1) is 13.8. The predicted octanol–water partition coefficient (Wildman–Crippen LogP) is 3.32. The SMILES string of the molecule is CCC(=O)N1CC2(CCC2c2[nH]c(N)c(/C=C(\N)c3cccc(F)c3O)c2C)C1. The highest BCUT2D eigenvalue weighted by atomic mass is 19.1. The van der Waals surface area contributed by atoms with Crippen molar-refractivity contribution >= 4 is 23.5 Å². The van der Waals surface area contributed by atoms with Crippen molar-refractivity contribution in [1.82, 2.24) is 9.88 Å². The molecule has 1 saturated heterocycles. The first-order valence-corrected chi connectivity index (χ1v) is 9.98. The van der Waals surface area contributed by atoms with E-state index in [0.717, 1.165) is 42.8 Å². The normalized spacial score (nSPS) is 20.4. The van der Waals surface area contributed by atoms with E-state index in [0.29, 0.717) is 18.2 Å². The van der Waals surface area contributed by atoms with Gasteiger partial charge in [-0.05, 0) is 43.5 Å². The average molecular weight is 398 g/mol. The molecule has 1 spiro atoms. The summed E-state index contributed by atoms with van der Waals surface area (Å²) in [5.74, 6) is -0.154. The number of likely N-dealkylation sites (tertiary alicyclic amines) is 1. The summed E-state index contributed by atoms with van der Waals surface area (Å²) in [6.07, 6.45) is 4.38. The Labute approximate surface area is 169 Å². The van der Waals surface area contributed by atoms with Gasteiger partial charge in [0.2, 0.25) is 5.91 Å². The summed E-state index contributed by atoms with van der Waals surface area (Å²) < 4.78 is 13.7. The monoisotopic (exact) mass is 398 g/mol. The molecule has 29 heavy (non-hydrogen) atoms. The van der Waals surface area contributed by atoms with E-state index >= 15 is 0 Å². The molecule has 1 aliphatic carbocycles. The molecule has 1 saturated carbocycles. The number of carbonyl (C=O) groups is 1. The zero-order valence-corrected chi connectivity index (χ0v) is 16.8. The van der Waals surface area contributed by atoms with Gasteiger partial charge in [-0.2, -0.15) is 0 Å². The van der Waals surface area contributed by atoms with Crippen molar-refractivity contribution in [2.75, 3.05) is 18.8 Å². The minimum absolute atomic E-state index is 0.139. The van der Waals surface area contributed by atoms with Crippen molar-refractivity contribution in [2.24, 2.45) is 11.1 Å². The number of carbonyl (C=O) groups excluding carboxylic acids is 1. The van der Waals surface area contributed by atoms with Crippen LogP contribution in [0.5, 0.6) is 5.75 Å². The van der Waals surface area contributed by atoms with Crippen LogP contribution in [0.2, 0.25) is 0 Å². The van der Waals surface area contributed by atoms with Crippen LogP contribution in [-0.4, -0.2) is 34.0 Å². The third-order valence-corrected chi connectivity index (χ3v) is 6.65. The number of halogens is 1. The lowest BCUT2D eigenvalue weighted by molar-refractivity contribution is -0.152. The molecule has 1 aromatic heterocycles. The van der Waals surface area contributed by atoms with Crippen LogP contribution < -0.4 is 11.5 Å². The number of phenols is 1. The van der Waals surface area contributed by atoms with Crippen LogP contribution in [0.1, 0.15) is 54.5 Å². The lowest BCUT2D eigenvalue weighted by Crippen LogP contribution is -2.64. The summed E-state index contributed by atoms with van der Waals surface area (Å²) in [6, 6.07) is 4.25. The molecule has 1 atom stereocenters. The lowest BCUT2D eigenvalue weighted by atomic mass is 9.54. The van der Waals surface area contributed by atoms with Crippen LogP contribution in [0, 0.1) is 18.2 Å². The number of aromatic amines is 1. The summed E-state index contributed by atoms with van der Waals surface area (Å²) in [4.78, 5) is 17.2. The molecule has 1 aliphatic heterocycles. The van der Waals surface area contributed by atoms with E-state index in [1.807, 2.05) is 18.7 Å². The van der Waals surface area contributed by atoms with E-state index in [9.17, 15) is 14.3 Å². The van der Waals surface area contributed by atoms with Crippen LogP contribution in [-0.2, 0) is 4.79 Å². The highest BCUT2D eigenvalue weighted by Gasteiger charge is 2.56. The third-order valence-electron chi connectivity index (χ3n) is 6.65. The van der Waals surface area contributed by atoms with Crippen molar-refractivity contribution in [2.45, 2.75) is 39.0 Å². The van der Waals surface area contributed by atoms with E-state index in [4.69, 9.17) is 11.5 Å². The summed E-state index contributed by atoms with van der Waals surface area (Å²) in [5.41, 5.74) is 15.8. The molecule has 4 rings (SSSR count). The number of rotatable bonds is 4. The number of nitrogens with zero attached hydrogens (tertiary/aromatic N) is 1. The zero-order chi connectivity index (χ0) is 20.9. The summed E-state index contributed by atoms with van der Waals surface area (Å²) >= 11 is 0. The van der Waals surface area contributed by atoms with Crippen molar-refractivity contribution in [1.29, 1.82) is 0 Å². The van der Waals surface area contributed by atoms with Crippen molar-refractivity contribution in [3.05, 3.63) is 46.4 Å². The molecule has 1 amide bonds. The summed E-state index contributed by atoms with van der Waals surface area (Å²) in [6.45, 7) is 5.48. The zero-order valence-electron chi connectivity index (χ0n) is 16.8. The molecule has 1 aromatic carbocycles. The van der Waals surface area contributed by atoms with Gasteiger partial charge in [-0.15, -0.1) is 0 Å². The third kappa shape index (κ3) is 2.96. The van der Waals surface area contributed by atoms with Gasteiger partial charge in [-0.25, -0.2) is 4.39 Å². The summed E-state index contributed by atoms with van der Waals surface area (Å²) in [5, 5.41) is 9.96. The van der Waals surface area contributed by atoms with Gasteiger partial charge < -0.3 is 26.5 Å². The molecule has 6 N–H and O–H groups in total. The molecule has 2 aromatic rings. The Morgan fingerprint density at radius 2 is 2.17 bits per heavy atom. The number of para-hydroxylation sites is 1. The van der Waals surface area contributed by atoms with E-state index in [1.165, 1.54) is 12.1 Å². The van der Waals surface area contributed by atoms with E-state index < -0.39 is 11.6 Å². The molecule has 154 valence electrons. The topological polar surface area (TPSA) is 108 Å². The lowest BCUT2D eigenvalue weighted by Gasteiger charge is -2.60. The fourth-order valence-corrected chi connectivity index (χ4v) is 4.81. The molecular weight excluding hydrogens is 371 g/mol. The van der Waals surface area contributed by atoms with Gasteiger partial charge in [0.05, 0.1) is 0 Å². The maximum Gasteiger partial charge on any atom is 0.222 e. The number of amides is 1. The molecule has 1 unspecified atom stereocenters. The van der Waals surface area contributed by atoms with Gasteiger partial charge in [-0.3, -0.25) is 4.79 Å². The van der Waals surface area contributed by atoms with Crippen LogP contribution >= 0.6 is 0 Å². The van der Waals surface area contributed by atoms with Crippen molar-refractivity contribution in [3.63, 3.8) is 0 Å². The van der Waals surface area contributed by atoms with Crippen LogP contribution in [0.3, 0.4) is 0 Å². The van der Waals surface area contributed by atoms with Gasteiger partial charge in [0.1, 0.15) is 5.82 Å². The van der Waals surface area contributed by atoms with E-state index in [2.05, 4.69) is 4.98 Å². The molecule has 2 heterocycles. The number of anilines is 1. The minimum atomic E-state index is -0.717. The number of hydrogen-bond acceptors (Lipinski definition) is 4. The second kappa shape index (κ2) is 6.83. The van der Waals surface area contributed by atoms with E-state index in [-0.39, 0.29) is 22.6 Å². The van der Waals surface area contributed by atoms with Gasteiger partial charge in [0.25, 0.3) is 0 Å². The molecule has 0 bridgehead atoms. The predicted molar refractivity (Wildman–Crippen MR) is 111 cm³/mol. The number of nitrogens with two attached hydrogens (primary N) is 2. The highest BCUT2D eigenvalue weighted by Crippen LogP contribution is 2.58. The Balaban J connectivity index is 1.61. The first-order valence-electron chi connectivity index (χ1n) is 9.98. The second-order valence-corrected chi connectivity index (χ2v) is 8.28. The largest absolute Gasteiger partial charge is 0.504 e. The number of phenolic OH excluding ortho intramolecular Hbond substituents is 1. The Bertz CT molecular complexity index is 1000. The van der Waals surface area contributed by atoms with Crippen molar-refractivity contribution < 1.29 is 14.3 Å². The van der Waals surface area contributed by atoms with Crippen molar-refractivity contribution in [3.8, 4) is 5.75 Å². The van der Waals surface area contributed by atoms with Crippen LogP contribution in [0.4, 0.5) is 10.2 Å². The molecular formula is C22H27FN4O2. The summed E-state index contributed by atoms with van der Waals surface area (Å²) in [7, 11) is 0. The highest BCUT2D eigenvalue weighted by molar-refractivity contribution is 5.86. The smallest absolute Gasteiger partial charge is 0.222 e. The van der Waals surface area contributed by atoms with E-state index in [1.54, 1.807) is 12.1 Å². The van der Waals surface area contributed by atoms with Gasteiger partial charge in [-0.1, -0.05) is 13.0 Å². The van der Waals surface area contributed by atoms with Crippen LogP contribution in [0.25, 0.3) is 11.8 Å². The number of H-pyrrole nitrogens is 1. The van der Waals surface area contributed by atoms with Gasteiger partial charge in [0.15, 0.2) is 11.6 Å². The maximum absolute atomic E-state index is 13.7. The number of nitrogens with one attached hydrogen (secondary N) is 1. The van der Waals surface area contributed by atoms with Gasteiger partial charge in [0, 0.05) is 53.4 Å². The number of aromatic nitrogens is 1. The fraction of sp³-hybridized carbons (Fsp3) is 0.409. The standard InChI is InChI=1S/C22H27FN4O2/c1-3-18(28)27-10-22(11-27)8-7-15(22)19-12(2)14(21(25)26-19)9-17(24)13-5-4-6-16(23)20(13)29/h4-6,9,15,26,29H,3,7-8,10-11,24-25H2,1-2H3/b17-9-.